The third-order valence-corrected chi connectivity index (χ3v) is 5.86. The van der Waals surface area contributed by atoms with Gasteiger partial charge in [0.2, 0.25) is 5.78 Å². The molecule has 0 atom stereocenters. The third kappa shape index (κ3) is 3.42. The molecule has 0 aromatic heterocycles. The van der Waals surface area contributed by atoms with Crippen molar-refractivity contribution in [2.45, 2.75) is 31.5 Å². The Morgan fingerprint density at radius 2 is 1.86 bits per heavy atom. The maximum absolute atomic E-state index is 12.6. The molecule has 4 rings (SSSR count). The highest BCUT2D eigenvalue weighted by Gasteiger charge is 2.43. The van der Waals surface area contributed by atoms with Crippen LogP contribution in [0.4, 0.5) is 0 Å². The Balaban J connectivity index is 1.41. The van der Waals surface area contributed by atoms with E-state index < -0.39 is 17.3 Å². The van der Waals surface area contributed by atoms with E-state index in [9.17, 15) is 9.59 Å². The van der Waals surface area contributed by atoms with Crippen LogP contribution in [0.25, 0.3) is 0 Å². The molecule has 2 heterocycles. The summed E-state index contributed by atoms with van der Waals surface area (Å²) in [7, 11) is 0. The lowest BCUT2D eigenvalue weighted by molar-refractivity contribution is -0.148. The summed E-state index contributed by atoms with van der Waals surface area (Å²) in [6.45, 7) is 1.43. The van der Waals surface area contributed by atoms with Crippen LogP contribution >= 0.6 is 11.6 Å². The van der Waals surface area contributed by atoms with Gasteiger partial charge in [-0.15, -0.1) is 0 Å². The van der Waals surface area contributed by atoms with Crippen LogP contribution in [0.1, 0.15) is 35.1 Å². The second kappa shape index (κ2) is 7.38. The van der Waals surface area contributed by atoms with E-state index in [0.717, 1.165) is 16.7 Å². The Hall–Kier alpha value is -2.68. The molecule has 5 nitrogen and oxygen atoms in total. The molecule has 0 saturated carbocycles. The van der Waals surface area contributed by atoms with E-state index in [1.165, 1.54) is 0 Å². The first-order valence-electron chi connectivity index (χ1n) is 9.25. The summed E-state index contributed by atoms with van der Waals surface area (Å²) < 4.78 is 6.10. The monoisotopic (exact) mass is 394 g/mol. The number of carbonyl (C=O) groups excluding carboxylic acids is 2. The Bertz CT molecular complexity index is 970. The molecular formula is C22H19ClN2O3. The number of hydrogen-bond donors (Lipinski definition) is 0. The lowest BCUT2D eigenvalue weighted by Gasteiger charge is -2.39. The van der Waals surface area contributed by atoms with Crippen LogP contribution in [0.15, 0.2) is 42.5 Å². The van der Waals surface area contributed by atoms with E-state index in [0.29, 0.717) is 43.1 Å². The summed E-state index contributed by atoms with van der Waals surface area (Å²) >= 11 is 5.86. The molecule has 0 aliphatic carbocycles. The van der Waals surface area contributed by atoms with Crippen molar-refractivity contribution in [3.8, 4) is 6.07 Å². The molecule has 2 aliphatic rings. The van der Waals surface area contributed by atoms with Crippen molar-refractivity contribution in [3.05, 3.63) is 69.7 Å². The van der Waals surface area contributed by atoms with E-state index in [4.69, 9.17) is 21.6 Å². The minimum Gasteiger partial charge on any atom is -0.365 e. The highest BCUT2D eigenvalue weighted by Crippen LogP contribution is 2.44. The smallest absolute Gasteiger partial charge is 0.290 e. The zero-order valence-electron chi connectivity index (χ0n) is 15.3. The average molecular weight is 395 g/mol. The lowest BCUT2D eigenvalue weighted by Crippen LogP contribution is -2.47. The molecule has 28 heavy (non-hydrogen) atoms. The average Bonchev–Trinajstić information content (AvgIpc) is 3.07. The lowest BCUT2D eigenvalue weighted by atomic mass is 9.83. The summed E-state index contributed by atoms with van der Waals surface area (Å²) in [5.41, 5.74) is 3.13. The molecule has 2 aromatic rings. The van der Waals surface area contributed by atoms with E-state index in [2.05, 4.69) is 6.07 Å². The Morgan fingerprint density at radius 3 is 2.54 bits per heavy atom. The van der Waals surface area contributed by atoms with Crippen LogP contribution in [0.5, 0.6) is 0 Å². The number of rotatable bonds is 3. The van der Waals surface area contributed by atoms with E-state index in [-0.39, 0.29) is 6.42 Å². The largest absolute Gasteiger partial charge is 0.365 e. The zero-order chi connectivity index (χ0) is 19.7. The van der Waals surface area contributed by atoms with Gasteiger partial charge in [0.15, 0.2) is 0 Å². The van der Waals surface area contributed by atoms with Crippen LogP contribution in [0.2, 0.25) is 5.02 Å². The number of carbonyl (C=O) groups is 2. The normalized spacial score (nSPS) is 17.2. The number of amides is 1. The summed E-state index contributed by atoms with van der Waals surface area (Å²) in [4.78, 5) is 26.6. The topological polar surface area (TPSA) is 70.4 Å². The van der Waals surface area contributed by atoms with E-state index in [1.807, 2.05) is 18.2 Å². The SMILES string of the molecule is N#Cc1ccc2c(c1)COC21CCN(C(=O)C(=O)Cc2ccc(Cl)cc2)CC1. The second-order valence-corrected chi connectivity index (χ2v) is 7.72. The predicted molar refractivity (Wildman–Crippen MR) is 104 cm³/mol. The van der Waals surface area contributed by atoms with Crippen LogP contribution in [-0.4, -0.2) is 29.7 Å². The Labute approximate surface area is 168 Å². The van der Waals surface area contributed by atoms with Crippen molar-refractivity contribution >= 4 is 23.3 Å². The maximum Gasteiger partial charge on any atom is 0.290 e. The minimum atomic E-state index is -0.442. The molecule has 1 fully saturated rings. The van der Waals surface area contributed by atoms with Crippen molar-refractivity contribution in [3.63, 3.8) is 0 Å². The third-order valence-electron chi connectivity index (χ3n) is 5.60. The van der Waals surface area contributed by atoms with Crippen molar-refractivity contribution in [2.75, 3.05) is 13.1 Å². The van der Waals surface area contributed by atoms with Crippen LogP contribution in [-0.2, 0) is 33.0 Å². The van der Waals surface area contributed by atoms with Gasteiger partial charge in [0.05, 0.1) is 23.8 Å². The standard InChI is InChI=1S/C22H19ClN2O3/c23-18-4-1-15(2-5-18)12-20(26)21(27)25-9-7-22(8-10-25)19-6-3-16(13-24)11-17(19)14-28-22/h1-6,11H,7-10,12,14H2. The van der Waals surface area contributed by atoms with Crippen molar-refractivity contribution in [2.24, 2.45) is 0 Å². The highest BCUT2D eigenvalue weighted by molar-refractivity contribution is 6.36. The second-order valence-electron chi connectivity index (χ2n) is 7.29. The van der Waals surface area contributed by atoms with Crippen LogP contribution < -0.4 is 0 Å². The van der Waals surface area contributed by atoms with Gasteiger partial charge in [-0.05, 0) is 53.8 Å². The predicted octanol–water partition coefficient (Wildman–Crippen LogP) is 3.37. The fourth-order valence-corrected chi connectivity index (χ4v) is 4.17. The number of piperidine rings is 1. The van der Waals surface area contributed by atoms with Gasteiger partial charge in [-0.25, -0.2) is 0 Å². The quantitative estimate of drug-likeness (QED) is 0.748. The van der Waals surface area contributed by atoms with Crippen molar-refractivity contribution < 1.29 is 14.3 Å². The molecule has 1 amide bonds. The van der Waals surface area contributed by atoms with Gasteiger partial charge in [-0.2, -0.15) is 5.26 Å². The summed E-state index contributed by atoms with van der Waals surface area (Å²) in [5.74, 6) is -0.854. The van der Waals surface area contributed by atoms with Gasteiger partial charge in [0.25, 0.3) is 5.91 Å². The van der Waals surface area contributed by atoms with Gasteiger partial charge in [-0.3, -0.25) is 9.59 Å². The summed E-state index contributed by atoms with van der Waals surface area (Å²) in [6.07, 6.45) is 1.37. The van der Waals surface area contributed by atoms with Gasteiger partial charge in [-0.1, -0.05) is 29.8 Å². The zero-order valence-corrected chi connectivity index (χ0v) is 16.0. The summed E-state index contributed by atoms with van der Waals surface area (Å²) in [6, 6.07) is 14.7. The molecule has 6 heteroatoms. The molecule has 2 aliphatic heterocycles. The molecule has 2 aromatic carbocycles. The number of halogens is 1. The van der Waals surface area contributed by atoms with Crippen LogP contribution in [0, 0.1) is 11.3 Å². The van der Waals surface area contributed by atoms with Gasteiger partial charge < -0.3 is 9.64 Å². The number of ketones is 1. The number of ether oxygens (including phenoxy) is 1. The number of nitriles is 1. The number of Topliss-reactive ketones (excluding diaryl/α,β-unsaturated/α-hetero) is 1. The van der Waals surface area contributed by atoms with E-state index in [1.54, 1.807) is 29.2 Å². The molecule has 0 bridgehead atoms. The number of hydrogen-bond acceptors (Lipinski definition) is 4. The first-order chi connectivity index (χ1) is 13.5. The highest BCUT2D eigenvalue weighted by atomic mass is 35.5. The molecule has 142 valence electrons. The maximum atomic E-state index is 12.6. The number of likely N-dealkylation sites (tertiary alicyclic amines) is 1. The van der Waals surface area contributed by atoms with Gasteiger partial charge in [0, 0.05) is 24.5 Å². The Kier molecular flexibility index (Phi) is 4.92. The van der Waals surface area contributed by atoms with E-state index >= 15 is 0 Å². The molecular weight excluding hydrogens is 376 g/mol. The number of benzene rings is 2. The van der Waals surface area contributed by atoms with Gasteiger partial charge >= 0.3 is 0 Å². The fourth-order valence-electron chi connectivity index (χ4n) is 4.05. The van der Waals surface area contributed by atoms with Gasteiger partial charge in [0.1, 0.15) is 0 Å². The summed E-state index contributed by atoms with van der Waals surface area (Å²) in [5, 5.41) is 9.66. The Morgan fingerprint density at radius 1 is 1.14 bits per heavy atom. The number of fused-ring (bicyclic) bond motifs is 2. The van der Waals surface area contributed by atoms with Crippen LogP contribution in [0.3, 0.4) is 0 Å². The molecule has 1 saturated heterocycles. The molecule has 0 unspecified atom stereocenters. The molecule has 0 N–H and O–H groups in total. The van der Waals surface area contributed by atoms with Crippen molar-refractivity contribution in [1.82, 2.24) is 4.90 Å². The minimum absolute atomic E-state index is 0.0773. The first-order valence-corrected chi connectivity index (χ1v) is 9.62. The molecule has 1 spiro atoms. The van der Waals surface area contributed by atoms with Crippen molar-refractivity contribution in [1.29, 1.82) is 5.26 Å². The molecule has 0 radical (unpaired) electrons. The number of nitrogens with zero attached hydrogens (tertiary/aromatic N) is 2. The first kappa shape index (κ1) is 18.7. The fraction of sp³-hybridized carbons (Fsp3) is 0.318.